The molecule has 1 amide bonds. The molecule has 4 heteroatoms. The van der Waals surface area contributed by atoms with E-state index in [1.807, 2.05) is 19.1 Å². The molecule has 1 N–H and O–H groups in total. The Kier molecular flexibility index (Phi) is 3.82. The third-order valence-corrected chi connectivity index (χ3v) is 4.31. The molecule has 1 fully saturated rings. The summed E-state index contributed by atoms with van der Waals surface area (Å²) in [5.41, 5.74) is 0.891. The Labute approximate surface area is 110 Å². The van der Waals surface area contributed by atoms with Gasteiger partial charge in [-0.1, -0.05) is 13.3 Å². The van der Waals surface area contributed by atoms with E-state index < -0.39 is 0 Å². The summed E-state index contributed by atoms with van der Waals surface area (Å²) in [5, 5.41) is 2.91. The number of halogens is 1. The summed E-state index contributed by atoms with van der Waals surface area (Å²) in [6, 6.07) is 3.74. The minimum atomic E-state index is 0.115. The van der Waals surface area contributed by atoms with Crippen molar-refractivity contribution in [3.8, 4) is 0 Å². The fraction of sp³-hybridized carbons (Fsp3) is 0.538. The molecule has 0 bridgehead atoms. The number of aryl methyl sites for hydroxylation is 1. The van der Waals surface area contributed by atoms with Crippen LogP contribution in [0.4, 0.5) is 5.82 Å². The van der Waals surface area contributed by atoms with Gasteiger partial charge >= 0.3 is 0 Å². The molecule has 2 atom stereocenters. The number of rotatable bonds is 2. The average molecular weight is 297 g/mol. The van der Waals surface area contributed by atoms with Crippen molar-refractivity contribution in [2.45, 2.75) is 33.1 Å². The Morgan fingerprint density at radius 1 is 1.47 bits per heavy atom. The van der Waals surface area contributed by atoms with E-state index in [1.54, 1.807) is 0 Å². The maximum absolute atomic E-state index is 12.1. The van der Waals surface area contributed by atoms with Crippen LogP contribution in [-0.2, 0) is 4.79 Å². The fourth-order valence-electron chi connectivity index (χ4n) is 2.37. The SMILES string of the molecule is Cc1nc(NC(=O)C2CCCC2C)ccc1Br. The second-order valence-corrected chi connectivity index (χ2v) is 5.62. The first-order chi connectivity index (χ1) is 8.08. The predicted octanol–water partition coefficient (Wildman–Crippen LogP) is 3.53. The molecule has 1 aromatic heterocycles. The molecule has 0 saturated heterocycles. The molecule has 0 aromatic carbocycles. The molecule has 0 radical (unpaired) electrons. The van der Waals surface area contributed by atoms with Crippen molar-refractivity contribution in [2.75, 3.05) is 5.32 Å². The monoisotopic (exact) mass is 296 g/mol. The van der Waals surface area contributed by atoms with Crippen molar-refractivity contribution >= 4 is 27.7 Å². The topological polar surface area (TPSA) is 42.0 Å². The highest BCUT2D eigenvalue weighted by atomic mass is 79.9. The zero-order chi connectivity index (χ0) is 12.4. The first kappa shape index (κ1) is 12.6. The molecule has 0 aliphatic heterocycles. The van der Waals surface area contributed by atoms with E-state index >= 15 is 0 Å². The van der Waals surface area contributed by atoms with Gasteiger partial charge < -0.3 is 5.32 Å². The van der Waals surface area contributed by atoms with Gasteiger partial charge in [-0.15, -0.1) is 0 Å². The Hall–Kier alpha value is -0.900. The van der Waals surface area contributed by atoms with Gasteiger partial charge in [0, 0.05) is 10.4 Å². The van der Waals surface area contributed by atoms with Gasteiger partial charge in [0.1, 0.15) is 5.82 Å². The van der Waals surface area contributed by atoms with Crippen molar-refractivity contribution in [3.05, 3.63) is 22.3 Å². The van der Waals surface area contributed by atoms with Crippen molar-refractivity contribution < 1.29 is 4.79 Å². The number of amides is 1. The van der Waals surface area contributed by atoms with Crippen LogP contribution in [0.1, 0.15) is 31.9 Å². The summed E-state index contributed by atoms with van der Waals surface area (Å²) in [6.45, 7) is 4.06. The quantitative estimate of drug-likeness (QED) is 0.907. The van der Waals surface area contributed by atoms with Gasteiger partial charge in [0.2, 0.25) is 5.91 Å². The van der Waals surface area contributed by atoms with Crippen LogP contribution < -0.4 is 5.32 Å². The number of nitrogens with zero attached hydrogens (tertiary/aromatic N) is 1. The second kappa shape index (κ2) is 5.17. The lowest BCUT2D eigenvalue weighted by Gasteiger charge is -2.14. The molecule has 1 aliphatic carbocycles. The highest BCUT2D eigenvalue weighted by molar-refractivity contribution is 9.10. The Bertz CT molecular complexity index is 433. The minimum absolute atomic E-state index is 0.115. The lowest BCUT2D eigenvalue weighted by Crippen LogP contribution is -2.25. The first-order valence-corrected chi connectivity index (χ1v) is 6.81. The highest BCUT2D eigenvalue weighted by Gasteiger charge is 2.29. The molecule has 3 nitrogen and oxygen atoms in total. The molecule has 17 heavy (non-hydrogen) atoms. The van der Waals surface area contributed by atoms with E-state index in [1.165, 1.54) is 0 Å². The molecule has 1 aromatic rings. The number of hydrogen-bond donors (Lipinski definition) is 1. The van der Waals surface area contributed by atoms with Gasteiger partial charge in [0.15, 0.2) is 0 Å². The van der Waals surface area contributed by atoms with Gasteiger partial charge in [-0.3, -0.25) is 4.79 Å². The predicted molar refractivity (Wildman–Crippen MR) is 71.8 cm³/mol. The molecule has 1 saturated carbocycles. The summed E-state index contributed by atoms with van der Waals surface area (Å²) in [7, 11) is 0. The molecule has 0 spiro atoms. The Morgan fingerprint density at radius 3 is 2.82 bits per heavy atom. The largest absolute Gasteiger partial charge is 0.310 e. The molecule has 92 valence electrons. The fourth-order valence-corrected chi connectivity index (χ4v) is 2.59. The van der Waals surface area contributed by atoms with Crippen molar-refractivity contribution in [1.82, 2.24) is 4.98 Å². The smallest absolute Gasteiger partial charge is 0.228 e. The van der Waals surface area contributed by atoms with Crippen LogP contribution >= 0.6 is 15.9 Å². The minimum Gasteiger partial charge on any atom is -0.310 e. The van der Waals surface area contributed by atoms with Crippen LogP contribution in [0.15, 0.2) is 16.6 Å². The summed E-state index contributed by atoms with van der Waals surface area (Å²) in [4.78, 5) is 16.4. The van der Waals surface area contributed by atoms with Crippen LogP contribution in [0.5, 0.6) is 0 Å². The van der Waals surface area contributed by atoms with E-state index in [9.17, 15) is 4.79 Å². The number of carbonyl (C=O) groups excluding carboxylic acids is 1. The average Bonchev–Trinajstić information content (AvgIpc) is 2.70. The zero-order valence-corrected chi connectivity index (χ0v) is 11.8. The van der Waals surface area contributed by atoms with Crippen LogP contribution in [-0.4, -0.2) is 10.9 Å². The van der Waals surface area contributed by atoms with Gasteiger partial charge in [0.05, 0.1) is 5.69 Å². The van der Waals surface area contributed by atoms with Crippen LogP contribution in [0.2, 0.25) is 0 Å². The normalized spacial score (nSPS) is 23.7. The number of pyridine rings is 1. The van der Waals surface area contributed by atoms with E-state index in [0.29, 0.717) is 11.7 Å². The Morgan fingerprint density at radius 2 is 2.24 bits per heavy atom. The van der Waals surface area contributed by atoms with Crippen molar-refractivity contribution in [1.29, 1.82) is 0 Å². The third kappa shape index (κ3) is 2.86. The van der Waals surface area contributed by atoms with E-state index in [0.717, 1.165) is 29.4 Å². The maximum atomic E-state index is 12.1. The van der Waals surface area contributed by atoms with Crippen LogP contribution in [0.25, 0.3) is 0 Å². The summed E-state index contributed by atoms with van der Waals surface area (Å²) >= 11 is 3.40. The highest BCUT2D eigenvalue weighted by Crippen LogP contribution is 2.32. The lowest BCUT2D eigenvalue weighted by molar-refractivity contribution is -0.120. The van der Waals surface area contributed by atoms with E-state index in [4.69, 9.17) is 0 Å². The number of hydrogen-bond acceptors (Lipinski definition) is 2. The molecular weight excluding hydrogens is 280 g/mol. The molecule has 2 rings (SSSR count). The standard InChI is InChI=1S/C13H17BrN2O/c1-8-4-3-5-10(8)13(17)16-12-7-6-11(14)9(2)15-12/h6-8,10H,3-5H2,1-2H3,(H,15,16,17). The zero-order valence-electron chi connectivity index (χ0n) is 10.2. The van der Waals surface area contributed by atoms with Gasteiger partial charge in [-0.05, 0) is 53.7 Å². The number of nitrogens with one attached hydrogen (secondary N) is 1. The molecular formula is C13H17BrN2O. The maximum Gasteiger partial charge on any atom is 0.228 e. The van der Waals surface area contributed by atoms with Gasteiger partial charge in [-0.2, -0.15) is 0 Å². The lowest BCUT2D eigenvalue weighted by atomic mass is 9.97. The number of aromatic nitrogens is 1. The van der Waals surface area contributed by atoms with Crippen LogP contribution in [0.3, 0.4) is 0 Å². The van der Waals surface area contributed by atoms with Crippen LogP contribution in [0, 0.1) is 18.8 Å². The van der Waals surface area contributed by atoms with Gasteiger partial charge in [0.25, 0.3) is 0 Å². The summed E-state index contributed by atoms with van der Waals surface area (Å²) < 4.78 is 0.963. The first-order valence-electron chi connectivity index (χ1n) is 6.02. The number of carbonyl (C=O) groups is 1. The van der Waals surface area contributed by atoms with Crippen molar-refractivity contribution in [2.24, 2.45) is 11.8 Å². The van der Waals surface area contributed by atoms with E-state index in [2.05, 4.69) is 33.2 Å². The van der Waals surface area contributed by atoms with Gasteiger partial charge in [-0.25, -0.2) is 4.98 Å². The van der Waals surface area contributed by atoms with E-state index in [-0.39, 0.29) is 11.8 Å². The summed E-state index contributed by atoms with van der Waals surface area (Å²) in [6.07, 6.45) is 3.32. The van der Waals surface area contributed by atoms with Crippen molar-refractivity contribution in [3.63, 3.8) is 0 Å². The molecule has 1 aliphatic rings. The number of anilines is 1. The molecule has 1 heterocycles. The summed E-state index contributed by atoms with van der Waals surface area (Å²) in [5.74, 6) is 1.41. The molecule has 2 unspecified atom stereocenters. The Balaban J connectivity index is 2.05. The second-order valence-electron chi connectivity index (χ2n) is 4.77. The third-order valence-electron chi connectivity index (χ3n) is 3.47.